The predicted octanol–water partition coefficient (Wildman–Crippen LogP) is 8.54. The van der Waals surface area contributed by atoms with Crippen molar-refractivity contribution in [3.05, 3.63) is 35.5 Å². The summed E-state index contributed by atoms with van der Waals surface area (Å²) in [4.78, 5) is 14.4. The average molecular weight is 723 g/mol. The molecule has 0 aromatic rings. The number of ether oxygens (including phenoxy) is 1. The number of hydrogen-bond acceptors (Lipinski definition) is 6. The fraction of sp³-hybridized carbons (Fsp3) is 0.841. The summed E-state index contributed by atoms with van der Waals surface area (Å²) in [5.41, 5.74) is 5.71. The Hall–Kier alpha value is -1.44. The number of methoxy groups -OCH3 is 1. The monoisotopic (exact) mass is 723 g/mol. The minimum atomic E-state index is -2.86. The number of allylic oxidation sites excluding steroid dienone is 5. The number of esters is 1. The Kier molecular flexibility index (Phi) is 9.52. The lowest BCUT2D eigenvalue weighted by atomic mass is 9.29. The van der Waals surface area contributed by atoms with Crippen LogP contribution in [0.25, 0.3) is 0 Å². The van der Waals surface area contributed by atoms with Gasteiger partial charge >= 0.3 is 5.97 Å². The van der Waals surface area contributed by atoms with Crippen molar-refractivity contribution in [2.45, 2.75) is 131 Å². The first-order valence-corrected chi connectivity index (χ1v) is 22.5. The minimum absolute atomic E-state index is 0.0915. The fourth-order valence-corrected chi connectivity index (χ4v) is 16.4. The van der Waals surface area contributed by atoms with Crippen LogP contribution in [0, 0.1) is 56.7 Å². The summed E-state index contributed by atoms with van der Waals surface area (Å²) in [5.74, 6) is 3.30. The number of rotatable bonds is 8. The van der Waals surface area contributed by atoms with Crippen LogP contribution in [0.2, 0.25) is 0 Å². The lowest BCUT2D eigenvalue weighted by Crippen LogP contribution is -2.71. The molecule has 0 spiro atoms. The van der Waals surface area contributed by atoms with E-state index in [0.29, 0.717) is 60.6 Å². The molecule has 1 saturated heterocycles. The molecular formula is C44H70N2O4S. The van der Waals surface area contributed by atoms with E-state index in [-0.39, 0.29) is 38.6 Å². The van der Waals surface area contributed by atoms with Gasteiger partial charge in [0.25, 0.3) is 0 Å². The smallest absolute Gasteiger partial charge is 0.306 e. The van der Waals surface area contributed by atoms with E-state index in [0.717, 1.165) is 25.9 Å². The Morgan fingerprint density at radius 2 is 1.63 bits per heavy atom. The maximum atomic E-state index is 12.1. The fourth-order valence-electron chi connectivity index (χ4n) is 15.1. The van der Waals surface area contributed by atoms with Gasteiger partial charge in [0.05, 0.1) is 25.0 Å². The number of fused-ring (bicyclic) bond motifs is 7. The number of sulfone groups is 1. The highest BCUT2D eigenvalue weighted by Gasteiger charge is 2.74. The third-order valence-electron chi connectivity index (χ3n) is 18.0. The van der Waals surface area contributed by atoms with Crippen molar-refractivity contribution in [1.29, 1.82) is 0 Å². The molecule has 0 aromatic heterocycles. The largest absolute Gasteiger partial charge is 0.469 e. The quantitative estimate of drug-likeness (QED) is 0.200. The molecule has 286 valence electrons. The van der Waals surface area contributed by atoms with Gasteiger partial charge in [-0.05, 0) is 145 Å². The van der Waals surface area contributed by atoms with Crippen LogP contribution in [0.3, 0.4) is 0 Å². The van der Waals surface area contributed by atoms with E-state index in [4.69, 9.17) is 4.74 Å². The van der Waals surface area contributed by atoms with Gasteiger partial charge in [0.15, 0.2) is 9.84 Å². The third-order valence-corrected chi connectivity index (χ3v) is 19.6. The van der Waals surface area contributed by atoms with Gasteiger partial charge in [-0.2, -0.15) is 0 Å². The highest BCUT2D eigenvalue weighted by molar-refractivity contribution is 7.91. The number of carbonyl (C=O) groups excluding carboxylic acids is 1. The summed E-state index contributed by atoms with van der Waals surface area (Å²) in [6.07, 6.45) is 19.1. The topological polar surface area (TPSA) is 75.7 Å². The van der Waals surface area contributed by atoms with Crippen LogP contribution in [0.5, 0.6) is 0 Å². The molecule has 0 bridgehead atoms. The summed E-state index contributed by atoms with van der Waals surface area (Å²) < 4.78 is 29.2. The highest BCUT2D eigenvalue weighted by atomic mass is 32.2. The van der Waals surface area contributed by atoms with Gasteiger partial charge in [-0.3, -0.25) is 4.79 Å². The van der Waals surface area contributed by atoms with Crippen molar-refractivity contribution in [2.24, 2.45) is 56.7 Å². The molecule has 6 aliphatic carbocycles. The normalized spacial score (nSPS) is 45.8. The van der Waals surface area contributed by atoms with Gasteiger partial charge in [0.1, 0.15) is 0 Å². The van der Waals surface area contributed by atoms with Gasteiger partial charge in [-0.25, -0.2) is 8.42 Å². The van der Waals surface area contributed by atoms with Gasteiger partial charge in [0, 0.05) is 31.7 Å². The van der Waals surface area contributed by atoms with Crippen LogP contribution in [-0.4, -0.2) is 69.6 Å². The van der Waals surface area contributed by atoms with Gasteiger partial charge < -0.3 is 15.0 Å². The predicted molar refractivity (Wildman–Crippen MR) is 208 cm³/mol. The van der Waals surface area contributed by atoms with Gasteiger partial charge in [-0.1, -0.05) is 65.8 Å². The first-order chi connectivity index (χ1) is 23.9. The zero-order chi connectivity index (χ0) is 36.8. The molecule has 7 heteroatoms. The Morgan fingerprint density at radius 3 is 2.31 bits per heavy atom. The molecule has 7 aliphatic rings. The van der Waals surface area contributed by atoms with Crippen LogP contribution in [0.4, 0.5) is 0 Å². The number of nitrogens with one attached hydrogen (secondary N) is 1. The molecule has 6 nitrogen and oxygen atoms in total. The highest BCUT2D eigenvalue weighted by Crippen LogP contribution is 2.80. The number of nitrogens with zero attached hydrogens (tertiary/aromatic N) is 1. The Labute approximate surface area is 311 Å². The van der Waals surface area contributed by atoms with Gasteiger partial charge in [-0.15, -0.1) is 0 Å². The first-order valence-electron chi connectivity index (χ1n) is 20.7. The lowest BCUT2D eigenvalue weighted by Gasteiger charge is -2.76. The molecule has 5 fully saturated rings. The molecule has 0 radical (unpaired) electrons. The Bertz CT molecular complexity index is 1580. The minimum Gasteiger partial charge on any atom is -0.469 e. The van der Waals surface area contributed by atoms with E-state index in [1.165, 1.54) is 76.0 Å². The van der Waals surface area contributed by atoms with E-state index in [2.05, 4.69) is 77.4 Å². The average Bonchev–Trinajstić information content (AvgIpc) is 3.68. The second kappa shape index (κ2) is 12.8. The van der Waals surface area contributed by atoms with E-state index in [9.17, 15) is 13.2 Å². The van der Waals surface area contributed by atoms with Crippen LogP contribution in [-0.2, 0) is 19.4 Å². The van der Waals surface area contributed by atoms with Gasteiger partial charge in [0.2, 0.25) is 0 Å². The molecule has 4 saturated carbocycles. The third kappa shape index (κ3) is 5.73. The molecular weight excluding hydrogens is 653 g/mol. The summed E-state index contributed by atoms with van der Waals surface area (Å²) in [6.45, 7) is 26.2. The molecule has 1 unspecified atom stereocenters. The maximum absolute atomic E-state index is 12.1. The molecule has 1 N–H and O–H groups in total. The van der Waals surface area contributed by atoms with Crippen molar-refractivity contribution in [1.82, 2.24) is 10.2 Å². The molecule has 7 rings (SSSR count). The Balaban J connectivity index is 1.15. The van der Waals surface area contributed by atoms with Crippen molar-refractivity contribution in [2.75, 3.05) is 44.8 Å². The van der Waals surface area contributed by atoms with Crippen LogP contribution in [0.1, 0.15) is 126 Å². The molecule has 10 atom stereocenters. The Morgan fingerprint density at radius 1 is 0.941 bits per heavy atom. The standard InChI is InChI=1S/C44H70N2O4S/c1-30(2)33-12-19-44(45-22-23-46-24-26-51(48,49)27-25-46)21-20-43(8)41(6)17-14-35-39(3,4)34(32-11-10-31(28-32)29-37(47)50-9)13-16-40(35,5)36(41)15-18-42(43,7)38(33)44/h13,28,31,33,35-36,38,45H,1,10-12,14-27,29H2,2-9H3/t31?,33-,35-,36+,38+,40-,41+,42+,43-,44-/m0/s1. The number of hydrogen-bond donors (Lipinski definition) is 1. The van der Waals surface area contributed by atoms with Crippen molar-refractivity contribution in [3.63, 3.8) is 0 Å². The zero-order valence-electron chi connectivity index (χ0n) is 33.5. The van der Waals surface area contributed by atoms with Crippen molar-refractivity contribution < 1.29 is 17.9 Å². The zero-order valence-corrected chi connectivity index (χ0v) is 34.3. The maximum Gasteiger partial charge on any atom is 0.306 e. The lowest BCUT2D eigenvalue weighted by molar-refractivity contribution is -0.257. The van der Waals surface area contributed by atoms with Crippen molar-refractivity contribution >= 4 is 15.8 Å². The van der Waals surface area contributed by atoms with E-state index in [1.807, 2.05) is 0 Å². The summed E-state index contributed by atoms with van der Waals surface area (Å²) in [5, 5.41) is 4.25. The molecule has 1 aliphatic heterocycles. The molecule has 0 amide bonds. The van der Waals surface area contributed by atoms with E-state index in [1.54, 1.807) is 5.57 Å². The first kappa shape index (κ1) is 37.9. The molecule has 0 aromatic carbocycles. The van der Waals surface area contributed by atoms with E-state index < -0.39 is 9.84 Å². The van der Waals surface area contributed by atoms with Crippen molar-refractivity contribution in [3.8, 4) is 0 Å². The second-order valence-electron chi connectivity index (χ2n) is 20.2. The van der Waals surface area contributed by atoms with Crippen LogP contribution < -0.4 is 5.32 Å². The summed E-state index contributed by atoms with van der Waals surface area (Å²) >= 11 is 0. The van der Waals surface area contributed by atoms with Crippen LogP contribution >= 0.6 is 0 Å². The van der Waals surface area contributed by atoms with E-state index >= 15 is 0 Å². The summed E-state index contributed by atoms with van der Waals surface area (Å²) in [6, 6.07) is 0. The summed E-state index contributed by atoms with van der Waals surface area (Å²) in [7, 11) is -1.36. The molecule has 1 heterocycles. The SMILES string of the molecule is C=C(C)[C@@H]1CC[C@]2(NCCN3CCS(=O)(=O)CC3)CC[C@@]3(C)[C@]4(C)CC[C@H]5C(C)(C)C(C6=CC(CC(=O)OC)CC6)=CC[C@]5(C)[C@H]4CC[C@]3(C)[C@@H]12. The molecule has 51 heavy (non-hydrogen) atoms. The second-order valence-corrected chi connectivity index (χ2v) is 22.5. The number of carbonyl (C=O) groups is 1. The van der Waals surface area contributed by atoms with Crippen LogP contribution in [0.15, 0.2) is 35.5 Å².